The number of aliphatic hydroxyl groups excluding tert-OH is 1. The Hall–Kier alpha value is -2.78. The number of ether oxygens (including phenoxy) is 1. The summed E-state index contributed by atoms with van der Waals surface area (Å²) in [6.07, 6.45) is -0.158. The standard InChI is InChI=1S/C21H19F2N3O3S/c22-20(23)13-2-6-18(24-11-13)29-15-3-5-16-12(9-15)1-4-17(26-16)21(28)25-14-7-8-30-19(27)10-14/h1-6,9,11,14,19-20,27H,7-8,10H2,(H,25,28). The van der Waals surface area contributed by atoms with Crippen LogP contribution in [0.25, 0.3) is 10.9 Å². The van der Waals surface area contributed by atoms with Gasteiger partial charge in [0.15, 0.2) is 0 Å². The van der Waals surface area contributed by atoms with Crippen LogP contribution in [0.15, 0.2) is 48.7 Å². The molecule has 0 spiro atoms. The molecule has 0 bridgehead atoms. The maximum absolute atomic E-state index is 12.6. The number of carbonyl (C=O) groups is 1. The number of pyridine rings is 2. The monoisotopic (exact) mass is 431 g/mol. The van der Waals surface area contributed by atoms with Crippen molar-refractivity contribution >= 4 is 28.6 Å². The Morgan fingerprint density at radius 1 is 1.23 bits per heavy atom. The molecule has 0 saturated carbocycles. The molecule has 2 aromatic heterocycles. The minimum absolute atomic E-state index is 0.0639. The highest BCUT2D eigenvalue weighted by Gasteiger charge is 2.23. The van der Waals surface area contributed by atoms with E-state index in [2.05, 4.69) is 15.3 Å². The van der Waals surface area contributed by atoms with Crippen LogP contribution < -0.4 is 10.1 Å². The van der Waals surface area contributed by atoms with E-state index in [1.807, 2.05) is 0 Å². The molecule has 1 saturated heterocycles. The Labute approximate surface area is 175 Å². The number of rotatable bonds is 5. The van der Waals surface area contributed by atoms with Crippen LogP contribution in [0.1, 0.15) is 35.3 Å². The van der Waals surface area contributed by atoms with E-state index in [0.717, 1.165) is 23.8 Å². The molecule has 1 aliphatic rings. The van der Waals surface area contributed by atoms with Gasteiger partial charge in [-0.25, -0.2) is 18.7 Å². The Bertz CT molecular complexity index is 1050. The number of benzene rings is 1. The maximum atomic E-state index is 12.6. The fraction of sp³-hybridized carbons (Fsp3) is 0.286. The third-order valence-electron chi connectivity index (χ3n) is 4.72. The molecule has 1 fully saturated rings. The predicted octanol–water partition coefficient (Wildman–Crippen LogP) is 4.30. The first-order valence-corrected chi connectivity index (χ1v) is 10.5. The van der Waals surface area contributed by atoms with Gasteiger partial charge in [0, 0.05) is 35.7 Å². The fourth-order valence-corrected chi connectivity index (χ4v) is 4.22. The van der Waals surface area contributed by atoms with Gasteiger partial charge in [0.1, 0.15) is 16.9 Å². The lowest BCUT2D eigenvalue weighted by Gasteiger charge is -2.26. The predicted molar refractivity (Wildman–Crippen MR) is 110 cm³/mol. The molecule has 1 aliphatic heterocycles. The number of hydrogen-bond acceptors (Lipinski definition) is 6. The Balaban J connectivity index is 1.46. The van der Waals surface area contributed by atoms with Crippen LogP contribution in [-0.2, 0) is 0 Å². The van der Waals surface area contributed by atoms with E-state index >= 15 is 0 Å². The summed E-state index contributed by atoms with van der Waals surface area (Å²) in [6.45, 7) is 0. The minimum atomic E-state index is -2.58. The molecule has 4 rings (SSSR count). The average molecular weight is 431 g/mol. The summed E-state index contributed by atoms with van der Waals surface area (Å²) in [7, 11) is 0. The minimum Gasteiger partial charge on any atom is -0.439 e. The van der Waals surface area contributed by atoms with Gasteiger partial charge in [-0.15, -0.1) is 11.8 Å². The molecule has 156 valence electrons. The number of nitrogens with zero attached hydrogens (tertiary/aromatic N) is 2. The van der Waals surface area contributed by atoms with Crippen LogP contribution in [0, 0.1) is 0 Å². The molecule has 3 aromatic rings. The topological polar surface area (TPSA) is 84.3 Å². The number of nitrogens with one attached hydrogen (secondary N) is 1. The second-order valence-corrected chi connectivity index (χ2v) is 8.19. The van der Waals surface area contributed by atoms with Gasteiger partial charge in [-0.3, -0.25) is 4.79 Å². The van der Waals surface area contributed by atoms with Crippen LogP contribution in [0.5, 0.6) is 11.6 Å². The first-order valence-electron chi connectivity index (χ1n) is 9.41. The molecule has 1 amide bonds. The summed E-state index contributed by atoms with van der Waals surface area (Å²) in [5.41, 5.74) is 0.300. The van der Waals surface area contributed by atoms with E-state index in [-0.39, 0.29) is 23.4 Å². The zero-order chi connectivity index (χ0) is 21.1. The van der Waals surface area contributed by atoms with Crippen molar-refractivity contribution in [2.75, 3.05) is 5.75 Å². The van der Waals surface area contributed by atoms with Crippen molar-refractivity contribution in [3.8, 4) is 11.6 Å². The number of aliphatic hydroxyl groups is 1. The second-order valence-electron chi connectivity index (χ2n) is 6.90. The zero-order valence-electron chi connectivity index (χ0n) is 15.8. The number of amides is 1. The molecule has 3 heterocycles. The Morgan fingerprint density at radius 2 is 2.10 bits per heavy atom. The number of carbonyl (C=O) groups excluding carboxylic acids is 1. The molecule has 30 heavy (non-hydrogen) atoms. The van der Waals surface area contributed by atoms with Crippen LogP contribution in [0.4, 0.5) is 8.78 Å². The van der Waals surface area contributed by atoms with Gasteiger partial charge >= 0.3 is 0 Å². The van der Waals surface area contributed by atoms with E-state index in [4.69, 9.17) is 4.74 Å². The largest absolute Gasteiger partial charge is 0.439 e. The lowest BCUT2D eigenvalue weighted by atomic mass is 10.1. The summed E-state index contributed by atoms with van der Waals surface area (Å²) in [5.74, 6) is 1.22. The van der Waals surface area contributed by atoms with Crippen molar-refractivity contribution < 1.29 is 23.4 Å². The molecule has 0 aliphatic carbocycles. The molecule has 1 aromatic carbocycles. The van der Waals surface area contributed by atoms with E-state index in [1.54, 1.807) is 30.3 Å². The number of halogens is 2. The fourth-order valence-electron chi connectivity index (χ4n) is 3.16. The highest BCUT2D eigenvalue weighted by molar-refractivity contribution is 7.99. The van der Waals surface area contributed by atoms with Crippen molar-refractivity contribution in [2.45, 2.75) is 30.7 Å². The zero-order valence-corrected chi connectivity index (χ0v) is 16.6. The van der Waals surface area contributed by atoms with E-state index in [9.17, 15) is 18.7 Å². The highest BCUT2D eigenvalue weighted by atomic mass is 32.2. The molecule has 2 unspecified atom stereocenters. The van der Waals surface area contributed by atoms with Gasteiger partial charge in [0.2, 0.25) is 5.88 Å². The first kappa shape index (κ1) is 20.5. The highest BCUT2D eigenvalue weighted by Crippen LogP contribution is 2.26. The third-order valence-corrected chi connectivity index (χ3v) is 5.77. The summed E-state index contributed by atoms with van der Waals surface area (Å²) in [5, 5.41) is 13.4. The molecular weight excluding hydrogens is 412 g/mol. The number of hydrogen-bond donors (Lipinski definition) is 2. The van der Waals surface area contributed by atoms with Gasteiger partial charge in [0.05, 0.1) is 5.52 Å². The number of aromatic nitrogens is 2. The van der Waals surface area contributed by atoms with E-state index in [0.29, 0.717) is 23.4 Å². The normalized spacial score (nSPS) is 19.1. The van der Waals surface area contributed by atoms with Gasteiger partial charge in [-0.05, 0) is 42.5 Å². The van der Waals surface area contributed by atoms with Crippen LogP contribution >= 0.6 is 11.8 Å². The van der Waals surface area contributed by atoms with E-state index in [1.165, 1.54) is 23.9 Å². The van der Waals surface area contributed by atoms with Crippen LogP contribution in [0.3, 0.4) is 0 Å². The molecule has 9 heteroatoms. The van der Waals surface area contributed by atoms with Gasteiger partial charge in [-0.2, -0.15) is 0 Å². The maximum Gasteiger partial charge on any atom is 0.270 e. The summed E-state index contributed by atoms with van der Waals surface area (Å²) < 4.78 is 30.8. The Kier molecular flexibility index (Phi) is 6.10. The summed E-state index contributed by atoms with van der Waals surface area (Å²) in [6, 6.07) is 11.1. The smallest absolute Gasteiger partial charge is 0.270 e. The molecule has 6 nitrogen and oxygen atoms in total. The summed E-state index contributed by atoms with van der Waals surface area (Å²) in [4.78, 5) is 20.8. The number of alkyl halides is 2. The molecule has 2 atom stereocenters. The van der Waals surface area contributed by atoms with Crippen molar-refractivity contribution in [2.24, 2.45) is 0 Å². The van der Waals surface area contributed by atoms with Crippen molar-refractivity contribution in [3.05, 3.63) is 59.9 Å². The van der Waals surface area contributed by atoms with Crippen LogP contribution in [0.2, 0.25) is 0 Å². The van der Waals surface area contributed by atoms with Crippen molar-refractivity contribution in [1.29, 1.82) is 0 Å². The third kappa shape index (κ3) is 4.85. The van der Waals surface area contributed by atoms with Crippen molar-refractivity contribution in [1.82, 2.24) is 15.3 Å². The lowest BCUT2D eigenvalue weighted by molar-refractivity contribution is 0.0920. The Morgan fingerprint density at radius 3 is 2.83 bits per heavy atom. The number of thioether (sulfide) groups is 1. The lowest BCUT2D eigenvalue weighted by Crippen LogP contribution is -2.39. The average Bonchev–Trinajstić information content (AvgIpc) is 2.73. The van der Waals surface area contributed by atoms with E-state index < -0.39 is 11.9 Å². The second kappa shape index (κ2) is 8.93. The summed E-state index contributed by atoms with van der Waals surface area (Å²) >= 11 is 1.49. The number of fused-ring (bicyclic) bond motifs is 1. The quantitative estimate of drug-likeness (QED) is 0.627. The van der Waals surface area contributed by atoms with Gasteiger partial charge in [0.25, 0.3) is 12.3 Å². The molecular formula is C21H19F2N3O3S. The molecule has 2 N–H and O–H groups in total. The van der Waals surface area contributed by atoms with Crippen molar-refractivity contribution in [3.63, 3.8) is 0 Å². The van der Waals surface area contributed by atoms with Gasteiger partial charge in [-0.1, -0.05) is 6.07 Å². The molecule has 0 radical (unpaired) electrons. The van der Waals surface area contributed by atoms with Crippen LogP contribution in [-0.4, -0.2) is 38.2 Å². The van der Waals surface area contributed by atoms with Gasteiger partial charge < -0.3 is 15.2 Å². The first-order chi connectivity index (χ1) is 14.5. The SMILES string of the molecule is O=C(NC1CCSC(O)C1)c1ccc2cc(Oc3ccc(C(F)F)cn3)ccc2n1.